The molecule has 7 nitrogen and oxygen atoms in total. The number of benzene rings is 3. The van der Waals surface area contributed by atoms with Crippen molar-refractivity contribution < 1.29 is 28.9 Å². The SMILES string of the molecule is CC(C)OCCN1C(=O)C(=O)/C(=C(\O)c2cccc(OC(C)C)c2)C1c1cccc(Oc2ccccc2)c1. The Labute approximate surface area is 223 Å². The highest BCUT2D eigenvalue weighted by atomic mass is 16.5. The maximum Gasteiger partial charge on any atom is 0.295 e. The van der Waals surface area contributed by atoms with Gasteiger partial charge < -0.3 is 24.2 Å². The van der Waals surface area contributed by atoms with E-state index in [1.165, 1.54) is 4.90 Å². The lowest BCUT2D eigenvalue weighted by Crippen LogP contribution is -2.33. The Hall–Kier alpha value is -4.10. The first kappa shape index (κ1) is 26.9. The number of ketones is 1. The first-order chi connectivity index (χ1) is 18.2. The largest absolute Gasteiger partial charge is 0.507 e. The third-order valence-corrected chi connectivity index (χ3v) is 5.96. The van der Waals surface area contributed by atoms with Gasteiger partial charge in [0.1, 0.15) is 23.0 Å². The van der Waals surface area contributed by atoms with E-state index in [-0.39, 0.29) is 36.7 Å². The number of carbonyl (C=O) groups is 2. The highest BCUT2D eigenvalue weighted by molar-refractivity contribution is 6.46. The van der Waals surface area contributed by atoms with Crippen LogP contribution in [0.5, 0.6) is 17.2 Å². The minimum absolute atomic E-state index is 0.0121. The van der Waals surface area contributed by atoms with Crippen LogP contribution < -0.4 is 9.47 Å². The van der Waals surface area contributed by atoms with Crippen molar-refractivity contribution in [3.05, 3.63) is 95.6 Å². The molecule has 0 spiro atoms. The summed E-state index contributed by atoms with van der Waals surface area (Å²) in [6, 6.07) is 22.6. The van der Waals surface area contributed by atoms with Crippen molar-refractivity contribution in [1.29, 1.82) is 0 Å². The fourth-order valence-corrected chi connectivity index (χ4v) is 4.36. The van der Waals surface area contributed by atoms with Gasteiger partial charge in [0, 0.05) is 12.1 Å². The summed E-state index contributed by atoms with van der Waals surface area (Å²) < 4.78 is 17.5. The molecule has 7 heteroatoms. The standard InChI is InChI=1S/C31H33NO6/c1-20(2)36-17-16-32-28(22-10-8-15-26(18-22)38-24-12-6-5-7-13-24)27(30(34)31(32)35)29(33)23-11-9-14-25(19-23)37-21(3)4/h5-15,18-21,28,33H,16-17H2,1-4H3/b29-27-. The molecule has 1 fully saturated rings. The van der Waals surface area contributed by atoms with E-state index < -0.39 is 17.7 Å². The monoisotopic (exact) mass is 515 g/mol. The number of nitrogens with zero attached hydrogens (tertiary/aromatic N) is 1. The smallest absolute Gasteiger partial charge is 0.295 e. The van der Waals surface area contributed by atoms with Crippen LogP contribution in [0.25, 0.3) is 5.76 Å². The van der Waals surface area contributed by atoms with Gasteiger partial charge in [0.25, 0.3) is 11.7 Å². The van der Waals surface area contributed by atoms with Crippen LogP contribution >= 0.6 is 0 Å². The van der Waals surface area contributed by atoms with Gasteiger partial charge in [0.15, 0.2) is 0 Å². The highest BCUT2D eigenvalue weighted by Gasteiger charge is 2.46. The molecule has 0 aromatic heterocycles. The average Bonchev–Trinajstić information content (AvgIpc) is 3.14. The molecule has 1 N–H and O–H groups in total. The Morgan fingerprint density at radius 3 is 2.24 bits per heavy atom. The summed E-state index contributed by atoms with van der Waals surface area (Å²) >= 11 is 0. The van der Waals surface area contributed by atoms with Crippen molar-refractivity contribution in [1.82, 2.24) is 4.90 Å². The molecule has 3 aromatic carbocycles. The lowest BCUT2D eigenvalue weighted by atomic mass is 9.95. The molecule has 1 amide bonds. The molecule has 0 aliphatic carbocycles. The van der Waals surface area contributed by atoms with Gasteiger partial charge in [-0.1, -0.05) is 42.5 Å². The zero-order chi connectivity index (χ0) is 27.2. The number of rotatable bonds is 10. The Kier molecular flexibility index (Phi) is 8.48. The lowest BCUT2D eigenvalue weighted by molar-refractivity contribution is -0.140. The van der Waals surface area contributed by atoms with Crippen LogP contribution in [0.3, 0.4) is 0 Å². The average molecular weight is 516 g/mol. The number of ether oxygens (including phenoxy) is 3. The van der Waals surface area contributed by atoms with Gasteiger partial charge in [-0.15, -0.1) is 0 Å². The predicted molar refractivity (Wildman–Crippen MR) is 145 cm³/mol. The number of hydrogen-bond donors (Lipinski definition) is 1. The summed E-state index contributed by atoms with van der Waals surface area (Å²) in [4.78, 5) is 28.0. The molecule has 38 heavy (non-hydrogen) atoms. The van der Waals surface area contributed by atoms with Crippen molar-refractivity contribution >= 4 is 17.4 Å². The van der Waals surface area contributed by atoms with Crippen LogP contribution in [-0.2, 0) is 14.3 Å². The number of likely N-dealkylation sites (tertiary alicyclic amines) is 1. The number of Topliss-reactive ketones (excluding diaryl/α,β-unsaturated/α-hetero) is 1. The van der Waals surface area contributed by atoms with E-state index in [0.29, 0.717) is 28.4 Å². The molecule has 1 unspecified atom stereocenters. The van der Waals surface area contributed by atoms with Crippen LogP contribution in [0.1, 0.15) is 44.9 Å². The maximum absolute atomic E-state index is 13.3. The van der Waals surface area contributed by atoms with E-state index in [1.54, 1.807) is 42.5 Å². The molecular formula is C31H33NO6. The summed E-state index contributed by atoms with van der Waals surface area (Å²) in [6.07, 6.45) is -0.0946. The fourth-order valence-electron chi connectivity index (χ4n) is 4.36. The quantitative estimate of drug-likeness (QED) is 0.199. The molecule has 0 bridgehead atoms. The number of hydrogen-bond acceptors (Lipinski definition) is 6. The molecule has 0 saturated carbocycles. The number of aliphatic hydroxyl groups excluding tert-OH is 1. The molecule has 1 saturated heterocycles. The van der Waals surface area contributed by atoms with E-state index in [1.807, 2.05) is 64.1 Å². The van der Waals surface area contributed by atoms with Crippen LogP contribution in [0.4, 0.5) is 0 Å². The summed E-state index contributed by atoms with van der Waals surface area (Å²) in [5.41, 5.74) is 1.04. The minimum atomic E-state index is -0.820. The van der Waals surface area contributed by atoms with Crippen molar-refractivity contribution in [2.75, 3.05) is 13.2 Å². The molecule has 1 heterocycles. The third kappa shape index (κ3) is 6.23. The number of amides is 1. The van der Waals surface area contributed by atoms with Crippen molar-refractivity contribution in [3.63, 3.8) is 0 Å². The van der Waals surface area contributed by atoms with Gasteiger partial charge in [0.05, 0.1) is 30.4 Å². The Bertz CT molecular complexity index is 1310. The van der Waals surface area contributed by atoms with Gasteiger partial charge in [-0.2, -0.15) is 0 Å². The Morgan fingerprint density at radius 1 is 0.842 bits per heavy atom. The van der Waals surface area contributed by atoms with Crippen LogP contribution in [-0.4, -0.2) is 47.1 Å². The molecule has 0 radical (unpaired) electrons. The van der Waals surface area contributed by atoms with Crippen molar-refractivity contribution in [2.24, 2.45) is 0 Å². The van der Waals surface area contributed by atoms with E-state index in [2.05, 4.69) is 0 Å². The first-order valence-corrected chi connectivity index (χ1v) is 12.7. The van der Waals surface area contributed by atoms with Gasteiger partial charge in [-0.25, -0.2) is 0 Å². The van der Waals surface area contributed by atoms with Gasteiger partial charge >= 0.3 is 0 Å². The molecule has 1 aliphatic heterocycles. The van der Waals surface area contributed by atoms with Crippen LogP contribution in [0.15, 0.2) is 84.4 Å². The molecule has 198 valence electrons. The molecular weight excluding hydrogens is 482 g/mol. The molecule has 1 atom stereocenters. The minimum Gasteiger partial charge on any atom is -0.507 e. The topological polar surface area (TPSA) is 85.3 Å². The second kappa shape index (κ2) is 12.0. The third-order valence-electron chi connectivity index (χ3n) is 5.96. The van der Waals surface area contributed by atoms with E-state index in [4.69, 9.17) is 14.2 Å². The summed E-state index contributed by atoms with van der Waals surface area (Å²) in [7, 11) is 0. The van der Waals surface area contributed by atoms with E-state index in [9.17, 15) is 14.7 Å². The van der Waals surface area contributed by atoms with Crippen LogP contribution in [0, 0.1) is 0 Å². The fraction of sp³-hybridized carbons (Fsp3) is 0.290. The first-order valence-electron chi connectivity index (χ1n) is 12.7. The molecule has 4 rings (SSSR count). The van der Waals surface area contributed by atoms with Gasteiger partial charge in [0.2, 0.25) is 0 Å². The highest BCUT2D eigenvalue weighted by Crippen LogP contribution is 2.40. The zero-order valence-corrected chi connectivity index (χ0v) is 22.1. The number of carbonyl (C=O) groups excluding carboxylic acids is 2. The summed E-state index contributed by atoms with van der Waals surface area (Å²) in [5.74, 6) is 0.0631. The molecule has 1 aliphatic rings. The normalized spacial score (nSPS) is 16.9. The lowest BCUT2D eigenvalue weighted by Gasteiger charge is -2.26. The zero-order valence-electron chi connectivity index (χ0n) is 22.1. The second-order valence-electron chi connectivity index (χ2n) is 9.59. The maximum atomic E-state index is 13.3. The Morgan fingerprint density at radius 2 is 1.53 bits per heavy atom. The van der Waals surface area contributed by atoms with E-state index >= 15 is 0 Å². The summed E-state index contributed by atoms with van der Waals surface area (Å²) in [6.45, 7) is 8.05. The summed E-state index contributed by atoms with van der Waals surface area (Å²) in [5, 5.41) is 11.4. The number of para-hydroxylation sites is 1. The Balaban J connectivity index is 1.77. The van der Waals surface area contributed by atoms with Crippen molar-refractivity contribution in [3.8, 4) is 17.2 Å². The van der Waals surface area contributed by atoms with E-state index in [0.717, 1.165) is 0 Å². The van der Waals surface area contributed by atoms with Crippen LogP contribution in [0.2, 0.25) is 0 Å². The van der Waals surface area contributed by atoms with Gasteiger partial charge in [-0.3, -0.25) is 9.59 Å². The van der Waals surface area contributed by atoms with Gasteiger partial charge in [-0.05, 0) is 69.7 Å². The van der Waals surface area contributed by atoms with Crippen molar-refractivity contribution in [2.45, 2.75) is 45.9 Å². The predicted octanol–water partition coefficient (Wildman–Crippen LogP) is 6.11. The molecule has 3 aromatic rings. The number of aliphatic hydroxyl groups is 1. The second-order valence-corrected chi connectivity index (χ2v) is 9.59.